The van der Waals surface area contributed by atoms with Crippen molar-refractivity contribution in [3.63, 3.8) is 0 Å². The molecule has 0 aliphatic carbocycles. The lowest BCUT2D eigenvalue weighted by Crippen LogP contribution is -2.10. The van der Waals surface area contributed by atoms with Crippen molar-refractivity contribution in [1.82, 2.24) is 4.90 Å². The molecule has 0 heterocycles. The van der Waals surface area contributed by atoms with Gasteiger partial charge in [0.1, 0.15) is 0 Å². The molecule has 0 aromatic heterocycles. The first-order valence-electron chi connectivity index (χ1n) is 8.11. The molecule has 1 nitrogen and oxygen atoms in total. The summed E-state index contributed by atoms with van der Waals surface area (Å²) in [6, 6.07) is 23.8. The van der Waals surface area contributed by atoms with Crippen LogP contribution in [-0.2, 0) is 13.0 Å². The van der Waals surface area contributed by atoms with Crippen LogP contribution in [0.4, 0.5) is 0 Å². The van der Waals surface area contributed by atoms with Crippen molar-refractivity contribution in [2.45, 2.75) is 19.9 Å². The molecular formula is C22H23N. The number of nitrogens with zero attached hydrogens (tertiary/aromatic N) is 1. The van der Waals surface area contributed by atoms with E-state index in [2.05, 4.69) is 97.9 Å². The monoisotopic (exact) mass is 301 g/mol. The summed E-state index contributed by atoms with van der Waals surface area (Å²) in [4.78, 5) is 2.25. The highest BCUT2D eigenvalue weighted by molar-refractivity contribution is 5.85. The fourth-order valence-electron chi connectivity index (χ4n) is 2.84. The van der Waals surface area contributed by atoms with Crippen LogP contribution in [-0.4, -0.2) is 11.9 Å². The normalized spacial score (nSPS) is 11.2. The third-order valence-corrected chi connectivity index (χ3v) is 4.13. The predicted octanol–water partition coefficient (Wildman–Crippen LogP) is 5.34. The largest absolute Gasteiger partial charge is 0.376 e. The average molecular weight is 301 g/mol. The molecule has 0 unspecified atom stereocenters. The molecule has 0 saturated heterocycles. The Morgan fingerprint density at radius 3 is 2.43 bits per heavy atom. The van der Waals surface area contributed by atoms with Crippen LogP contribution >= 0.6 is 0 Å². The lowest BCUT2D eigenvalue weighted by molar-refractivity contribution is 0.451. The molecule has 0 saturated carbocycles. The maximum Gasteiger partial charge on any atom is 0.0426 e. The molecule has 3 aromatic carbocycles. The molecule has 3 rings (SSSR count). The third-order valence-electron chi connectivity index (χ3n) is 4.13. The van der Waals surface area contributed by atoms with Gasteiger partial charge in [-0.25, -0.2) is 0 Å². The van der Waals surface area contributed by atoms with Crippen molar-refractivity contribution in [3.05, 3.63) is 95.7 Å². The van der Waals surface area contributed by atoms with E-state index in [0.29, 0.717) is 0 Å². The van der Waals surface area contributed by atoms with Gasteiger partial charge >= 0.3 is 0 Å². The number of allylic oxidation sites excluding steroid dienone is 1. The molecule has 0 N–H and O–H groups in total. The first-order valence-corrected chi connectivity index (χ1v) is 8.11. The van der Waals surface area contributed by atoms with E-state index in [1.807, 2.05) is 0 Å². The molecule has 0 radical (unpaired) electrons. The molecule has 23 heavy (non-hydrogen) atoms. The van der Waals surface area contributed by atoms with Gasteiger partial charge in [-0.2, -0.15) is 0 Å². The molecular weight excluding hydrogens is 278 g/mol. The van der Waals surface area contributed by atoms with Crippen LogP contribution in [0.2, 0.25) is 0 Å². The van der Waals surface area contributed by atoms with Crippen LogP contribution in [0.1, 0.15) is 16.7 Å². The number of aryl methyl sites for hydroxylation is 1. The SMILES string of the molecule is Cc1ccc(C/C=C/N(C)Cc2cccc3ccccc23)cc1. The van der Waals surface area contributed by atoms with Gasteiger partial charge < -0.3 is 4.90 Å². The van der Waals surface area contributed by atoms with E-state index >= 15 is 0 Å². The van der Waals surface area contributed by atoms with Crippen molar-refractivity contribution < 1.29 is 0 Å². The second kappa shape index (κ2) is 7.15. The fraction of sp³-hybridized carbons (Fsp3) is 0.182. The van der Waals surface area contributed by atoms with Crippen molar-refractivity contribution in [1.29, 1.82) is 0 Å². The standard InChI is InChI=1S/C22H23N/c1-18-12-14-19(15-13-18)7-6-16-23(2)17-21-10-5-9-20-8-3-4-11-22(20)21/h3-6,8-16H,7,17H2,1-2H3/b16-6+. The van der Waals surface area contributed by atoms with Gasteiger partial charge in [0.15, 0.2) is 0 Å². The van der Waals surface area contributed by atoms with E-state index in [1.165, 1.54) is 27.5 Å². The van der Waals surface area contributed by atoms with E-state index in [9.17, 15) is 0 Å². The highest BCUT2D eigenvalue weighted by atomic mass is 15.1. The van der Waals surface area contributed by atoms with Crippen LogP contribution in [0.3, 0.4) is 0 Å². The minimum Gasteiger partial charge on any atom is -0.376 e. The Hall–Kier alpha value is -2.54. The lowest BCUT2D eigenvalue weighted by Gasteiger charge is -2.15. The molecule has 0 spiro atoms. The Morgan fingerprint density at radius 1 is 0.870 bits per heavy atom. The topological polar surface area (TPSA) is 3.24 Å². The van der Waals surface area contributed by atoms with Gasteiger partial charge in [0.2, 0.25) is 0 Å². The summed E-state index contributed by atoms with van der Waals surface area (Å²) < 4.78 is 0. The second-order valence-electron chi connectivity index (χ2n) is 6.13. The molecule has 0 amide bonds. The number of fused-ring (bicyclic) bond motifs is 1. The highest BCUT2D eigenvalue weighted by Crippen LogP contribution is 2.19. The summed E-state index contributed by atoms with van der Waals surface area (Å²) in [5.74, 6) is 0. The number of benzene rings is 3. The first kappa shape index (κ1) is 15.4. The Morgan fingerprint density at radius 2 is 1.61 bits per heavy atom. The van der Waals surface area contributed by atoms with Crippen LogP contribution in [0.25, 0.3) is 10.8 Å². The molecule has 3 aromatic rings. The predicted molar refractivity (Wildman–Crippen MR) is 99.4 cm³/mol. The summed E-state index contributed by atoms with van der Waals surface area (Å²) >= 11 is 0. The third kappa shape index (κ3) is 4.01. The van der Waals surface area contributed by atoms with E-state index in [1.54, 1.807) is 0 Å². The van der Waals surface area contributed by atoms with Crippen molar-refractivity contribution in [2.75, 3.05) is 7.05 Å². The fourth-order valence-corrected chi connectivity index (χ4v) is 2.84. The Balaban J connectivity index is 1.65. The van der Waals surface area contributed by atoms with Crippen molar-refractivity contribution >= 4 is 10.8 Å². The maximum atomic E-state index is 2.25. The zero-order valence-corrected chi connectivity index (χ0v) is 13.9. The molecule has 0 aliphatic rings. The minimum absolute atomic E-state index is 0.922. The zero-order chi connectivity index (χ0) is 16.1. The number of rotatable bonds is 5. The Kier molecular flexibility index (Phi) is 4.77. The summed E-state index contributed by atoms with van der Waals surface area (Å²) in [6.45, 7) is 3.04. The molecule has 0 bridgehead atoms. The summed E-state index contributed by atoms with van der Waals surface area (Å²) in [6.07, 6.45) is 5.39. The van der Waals surface area contributed by atoms with Gasteiger partial charge in [0, 0.05) is 13.6 Å². The molecule has 0 aliphatic heterocycles. The smallest absolute Gasteiger partial charge is 0.0426 e. The molecule has 1 heteroatoms. The van der Waals surface area contributed by atoms with Gasteiger partial charge in [-0.1, -0.05) is 78.4 Å². The van der Waals surface area contributed by atoms with Gasteiger partial charge in [-0.3, -0.25) is 0 Å². The summed E-state index contributed by atoms with van der Waals surface area (Å²) in [7, 11) is 2.13. The van der Waals surface area contributed by atoms with E-state index < -0.39 is 0 Å². The van der Waals surface area contributed by atoms with Crippen LogP contribution in [0, 0.1) is 6.92 Å². The Bertz CT molecular complexity index is 794. The lowest BCUT2D eigenvalue weighted by atomic mass is 10.0. The van der Waals surface area contributed by atoms with Gasteiger partial charge in [-0.15, -0.1) is 0 Å². The first-order chi connectivity index (χ1) is 11.2. The van der Waals surface area contributed by atoms with Gasteiger partial charge in [0.25, 0.3) is 0 Å². The minimum atomic E-state index is 0.922. The summed E-state index contributed by atoms with van der Waals surface area (Å²) in [5.41, 5.74) is 4.03. The number of hydrogen-bond donors (Lipinski definition) is 0. The molecule has 0 fully saturated rings. The summed E-state index contributed by atoms with van der Waals surface area (Å²) in [5, 5.41) is 2.65. The maximum absolute atomic E-state index is 2.25. The molecule has 116 valence electrons. The van der Waals surface area contributed by atoms with E-state index in [4.69, 9.17) is 0 Å². The second-order valence-corrected chi connectivity index (χ2v) is 6.13. The van der Waals surface area contributed by atoms with Crippen LogP contribution < -0.4 is 0 Å². The zero-order valence-electron chi connectivity index (χ0n) is 13.9. The van der Waals surface area contributed by atoms with Crippen molar-refractivity contribution in [3.8, 4) is 0 Å². The van der Waals surface area contributed by atoms with Gasteiger partial charge in [0.05, 0.1) is 0 Å². The van der Waals surface area contributed by atoms with E-state index in [-0.39, 0.29) is 0 Å². The quantitative estimate of drug-likeness (QED) is 0.615. The Labute approximate surface area is 138 Å². The highest BCUT2D eigenvalue weighted by Gasteiger charge is 2.01. The van der Waals surface area contributed by atoms with Crippen LogP contribution in [0.15, 0.2) is 79.0 Å². The average Bonchev–Trinajstić information content (AvgIpc) is 2.57. The van der Waals surface area contributed by atoms with E-state index in [0.717, 1.165) is 13.0 Å². The number of hydrogen-bond acceptors (Lipinski definition) is 1. The van der Waals surface area contributed by atoms with Crippen molar-refractivity contribution in [2.24, 2.45) is 0 Å². The molecule has 0 atom stereocenters. The van der Waals surface area contributed by atoms with Crippen LogP contribution in [0.5, 0.6) is 0 Å². The van der Waals surface area contributed by atoms with Gasteiger partial charge in [-0.05, 0) is 41.4 Å².